The van der Waals surface area contributed by atoms with Crippen molar-refractivity contribution in [1.29, 1.82) is 0 Å². The lowest BCUT2D eigenvalue weighted by atomic mass is 10.0. The minimum Gasteiger partial charge on any atom is -0.467 e. The zero-order chi connectivity index (χ0) is 39.2. The van der Waals surface area contributed by atoms with E-state index in [2.05, 4.69) is 23.9 Å². The van der Waals surface area contributed by atoms with E-state index in [1.165, 1.54) is 147 Å². The minimum atomic E-state index is -1.20. The molecule has 3 atom stereocenters. The van der Waals surface area contributed by atoms with Gasteiger partial charge in [-0.15, -0.1) is 0 Å². The number of rotatable bonds is 39. The van der Waals surface area contributed by atoms with E-state index in [0.29, 0.717) is 12.8 Å². The van der Waals surface area contributed by atoms with Crippen LogP contribution in [0.3, 0.4) is 0 Å². The maximum Gasteiger partial charge on any atom is 0.330 e. The quantitative estimate of drug-likeness (QED) is 0.0313. The summed E-state index contributed by atoms with van der Waals surface area (Å²) < 4.78 is 15.8. The standard InChI is InChI=1S/C42H80N2O8S/c1-4-6-8-10-12-14-16-18-20-22-24-26-28-30-39(46)51-33-36(34-53-35-37(43)41(48)44-38(32-45)42(49)50-3)52-40(47)31-29-27-25-23-21-19-17-15-13-11-9-7-5-2/h36-38,45H,4-35,43H2,1-3H3,(H,44,48)/t36-,37+,38-/m1/s1. The van der Waals surface area contributed by atoms with Crippen LogP contribution in [0.4, 0.5) is 0 Å². The summed E-state index contributed by atoms with van der Waals surface area (Å²) in [6.45, 7) is 3.84. The molecule has 0 saturated carbocycles. The molecule has 0 heterocycles. The van der Waals surface area contributed by atoms with Crippen molar-refractivity contribution in [3.63, 3.8) is 0 Å². The van der Waals surface area contributed by atoms with Gasteiger partial charge in [0.25, 0.3) is 0 Å². The van der Waals surface area contributed by atoms with Crippen LogP contribution in [0, 0.1) is 0 Å². The third kappa shape index (κ3) is 33.2. The lowest BCUT2D eigenvalue weighted by molar-refractivity contribution is -0.157. The van der Waals surface area contributed by atoms with Crippen molar-refractivity contribution < 1.29 is 38.5 Å². The highest BCUT2D eigenvalue weighted by Crippen LogP contribution is 2.16. The van der Waals surface area contributed by atoms with Gasteiger partial charge in [0, 0.05) is 24.3 Å². The van der Waals surface area contributed by atoms with E-state index in [4.69, 9.17) is 15.2 Å². The molecule has 0 aromatic heterocycles. The van der Waals surface area contributed by atoms with Gasteiger partial charge < -0.3 is 30.4 Å². The summed E-state index contributed by atoms with van der Waals surface area (Å²) in [4.78, 5) is 49.4. The van der Waals surface area contributed by atoms with Gasteiger partial charge in [0.15, 0.2) is 6.04 Å². The molecule has 0 aliphatic rings. The van der Waals surface area contributed by atoms with Gasteiger partial charge in [-0.2, -0.15) is 11.8 Å². The Morgan fingerprint density at radius 1 is 0.604 bits per heavy atom. The molecule has 0 aliphatic carbocycles. The minimum absolute atomic E-state index is 0.0506. The second-order valence-electron chi connectivity index (χ2n) is 14.7. The summed E-state index contributed by atoms with van der Waals surface area (Å²) in [5, 5.41) is 11.8. The van der Waals surface area contributed by atoms with Crippen LogP contribution >= 0.6 is 11.8 Å². The fourth-order valence-electron chi connectivity index (χ4n) is 6.20. The zero-order valence-corrected chi connectivity index (χ0v) is 35.0. The highest BCUT2D eigenvalue weighted by Gasteiger charge is 2.24. The summed E-state index contributed by atoms with van der Waals surface area (Å²) in [6.07, 6.45) is 31.9. The molecule has 0 aromatic rings. The van der Waals surface area contributed by atoms with Crippen LogP contribution in [-0.4, -0.2) is 78.9 Å². The Morgan fingerprint density at radius 2 is 1.00 bits per heavy atom. The molecule has 0 bridgehead atoms. The van der Waals surface area contributed by atoms with Crippen LogP contribution < -0.4 is 11.1 Å². The molecule has 312 valence electrons. The van der Waals surface area contributed by atoms with E-state index >= 15 is 0 Å². The van der Waals surface area contributed by atoms with Gasteiger partial charge in [0.2, 0.25) is 5.91 Å². The fraction of sp³-hybridized carbons (Fsp3) is 0.905. The molecule has 0 aliphatic heterocycles. The van der Waals surface area contributed by atoms with Crippen LogP contribution in [0.15, 0.2) is 0 Å². The molecule has 0 aromatic carbocycles. The molecule has 0 spiro atoms. The van der Waals surface area contributed by atoms with Crippen molar-refractivity contribution in [3.05, 3.63) is 0 Å². The Hall–Kier alpha value is -1.85. The number of aliphatic hydroxyl groups excluding tert-OH is 1. The number of amides is 1. The summed E-state index contributed by atoms with van der Waals surface area (Å²) in [5.41, 5.74) is 6.01. The Bertz CT molecular complexity index is 893. The first-order valence-electron chi connectivity index (χ1n) is 21.5. The maximum absolute atomic E-state index is 12.7. The molecule has 11 heteroatoms. The summed E-state index contributed by atoms with van der Waals surface area (Å²) in [6, 6.07) is -2.17. The molecule has 0 saturated heterocycles. The van der Waals surface area contributed by atoms with Crippen LogP contribution in [0.25, 0.3) is 0 Å². The number of carbonyl (C=O) groups is 4. The summed E-state index contributed by atoms with van der Waals surface area (Å²) in [7, 11) is 1.17. The Balaban J connectivity index is 4.49. The lowest BCUT2D eigenvalue weighted by Gasteiger charge is -2.20. The van der Waals surface area contributed by atoms with E-state index in [1.807, 2.05) is 0 Å². The van der Waals surface area contributed by atoms with Crippen LogP contribution in [-0.2, 0) is 33.4 Å². The fourth-order valence-corrected chi connectivity index (χ4v) is 7.16. The summed E-state index contributed by atoms with van der Waals surface area (Å²) in [5.74, 6) is -1.54. The number of methoxy groups -OCH3 is 1. The van der Waals surface area contributed by atoms with Crippen molar-refractivity contribution in [1.82, 2.24) is 5.32 Å². The van der Waals surface area contributed by atoms with E-state index in [0.717, 1.165) is 38.5 Å². The van der Waals surface area contributed by atoms with Gasteiger partial charge in [0.05, 0.1) is 19.8 Å². The number of nitrogens with one attached hydrogen (secondary N) is 1. The average Bonchev–Trinajstić information content (AvgIpc) is 3.15. The SMILES string of the molecule is CCCCCCCCCCCCCCCC(=O)OC[C@H](CSC[C@H](N)C(=O)N[C@H](CO)C(=O)OC)OC(=O)CCCCCCCCCCCCCCC. The Labute approximate surface area is 327 Å². The van der Waals surface area contributed by atoms with E-state index < -0.39 is 36.7 Å². The smallest absolute Gasteiger partial charge is 0.330 e. The molecule has 0 unspecified atom stereocenters. The molecular formula is C42H80N2O8S. The van der Waals surface area contributed by atoms with Crippen molar-refractivity contribution in [2.45, 2.75) is 212 Å². The molecule has 0 rings (SSSR count). The van der Waals surface area contributed by atoms with E-state index in [1.54, 1.807) is 0 Å². The van der Waals surface area contributed by atoms with Crippen molar-refractivity contribution in [2.75, 3.05) is 31.8 Å². The lowest BCUT2D eigenvalue weighted by Crippen LogP contribution is -2.51. The maximum atomic E-state index is 12.7. The van der Waals surface area contributed by atoms with Gasteiger partial charge >= 0.3 is 17.9 Å². The molecule has 0 radical (unpaired) electrons. The van der Waals surface area contributed by atoms with Gasteiger partial charge in [-0.1, -0.05) is 168 Å². The van der Waals surface area contributed by atoms with Crippen LogP contribution in [0.5, 0.6) is 0 Å². The molecule has 0 fully saturated rings. The number of esters is 3. The van der Waals surface area contributed by atoms with Crippen molar-refractivity contribution in [3.8, 4) is 0 Å². The van der Waals surface area contributed by atoms with E-state index in [9.17, 15) is 24.3 Å². The number of ether oxygens (including phenoxy) is 3. The Morgan fingerprint density at radius 3 is 1.40 bits per heavy atom. The first kappa shape index (κ1) is 51.1. The highest BCUT2D eigenvalue weighted by atomic mass is 32.2. The van der Waals surface area contributed by atoms with Gasteiger partial charge in [-0.05, 0) is 12.8 Å². The monoisotopic (exact) mass is 773 g/mol. The number of thioether (sulfide) groups is 1. The predicted molar refractivity (Wildman–Crippen MR) is 218 cm³/mol. The number of carbonyl (C=O) groups excluding carboxylic acids is 4. The van der Waals surface area contributed by atoms with Crippen molar-refractivity contribution in [2.24, 2.45) is 5.73 Å². The zero-order valence-electron chi connectivity index (χ0n) is 34.2. The second kappa shape index (κ2) is 38.4. The molecule has 1 amide bonds. The highest BCUT2D eigenvalue weighted by molar-refractivity contribution is 7.99. The molecule has 10 nitrogen and oxygen atoms in total. The number of aliphatic hydroxyl groups is 1. The predicted octanol–water partition coefficient (Wildman–Crippen LogP) is 9.11. The molecular weight excluding hydrogens is 693 g/mol. The number of nitrogens with two attached hydrogens (primary N) is 1. The Kier molecular flexibility index (Phi) is 37.1. The molecule has 4 N–H and O–H groups in total. The topological polar surface area (TPSA) is 154 Å². The third-order valence-electron chi connectivity index (χ3n) is 9.62. The molecule has 53 heavy (non-hydrogen) atoms. The van der Waals surface area contributed by atoms with Crippen molar-refractivity contribution >= 4 is 35.6 Å². The van der Waals surface area contributed by atoms with E-state index in [-0.39, 0.29) is 30.1 Å². The number of unbranched alkanes of at least 4 members (excludes halogenated alkanes) is 24. The van der Waals surface area contributed by atoms with Crippen LogP contribution in [0.2, 0.25) is 0 Å². The normalized spacial score (nSPS) is 12.9. The first-order chi connectivity index (χ1) is 25.8. The van der Waals surface area contributed by atoms with Gasteiger partial charge in [-0.3, -0.25) is 14.4 Å². The van der Waals surface area contributed by atoms with Gasteiger partial charge in [-0.25, -0.2) is 4.79 Å². The number of hydrogen-bond donors (Lipinski definition) is 3. The average molecular weight is 773 g/mol. The van der Waals surface area contributed by atoms with Crippen LogP contribution in [0.1, 0.15) is 194 Å². The summed E-state index contributed by atoms with van der Waals surface area (Å²) >= 11 is 1.29. The second-order valence-corrected chi connectivity index (χ2v) is 15.8. The number of hydrogen-bond acceptors (Lipinski definition) is 10. The largest absolute Gasteiger partial charge is 0.467 e. The third-order valence-corrected chi connectivity index (χ3v) is 10.8. The van der Waals surface area contributed by atoms with Gasteiger partial charge in [0.1, 0.15) is 12.7 Å². The first-order valence-corrected chi connectivity index (χ1v) is 22.6.